The molecule has 0 aliphatic rings. The molecule has 0 aliphatic carbocycles. The summed E-state index contributed by atoms with van der Waals surface area (Å²) in [5.74, 6) is 0.714. The van der Waals surface area contributed by atoms with Crippen molar-refractivity contribution in [2.24, 2.45) is 0 Å². The molecular formula is C23H22N4O4S. The van der Waals surface area contributed by atoms with Crippen LogP contribution in [-0.2, 0) is 6.42 Å². The van der Waals surface area contributed by atoms with Crippen LogP contribution in [0.2, 0.25) is 0 Å². The number of hydrogen-bond donors (Lipinski definition) is 2. The Balaban J connectivity index is 1.98. The zero-order chi connectivity index (χ0) is 22.7. The molecule has 2 aromatic heterocycles. The monoisotopic (exact) mass is 450 g/mol. The number of hydrogen-bond acceptors (Lipinski definition) is 7. The van der Waals surface area contributed by atoms with Gasteiger partial charge in [0.1, 0.15) is 22.3 Å². The fraction of sp³-hybridized carbons (Fsp3) is 0.174. The number of benzene rings is 2. The van der Waals surface area contributed by atoms with E-state index in [0.717, 1.165) is 22.0 Å². The Kier molecular flexibility index (Phi) is 6.09. The van der Waals surface area contributed by atoms with Crippen LogP contribution in [0.5, 0.6) is 11.6 Å². The summed E-state index contributed by atoms with van der Waals surface area (Å²) in [6.45, 7) is 2.01. The van der Waals surface area contributed by atoms with Gasteiger partial charge in [-0.25, -0.2) is 14.5 Å². The van der Waals surface area contributed by atoms with E-state index in [1.165, 1.54) is 11.3 Å². The molecule has 0 saturated heterocycles. The standard InChI is InChI=1S/C23H22N4O4S/c1-4-15-20(22-25-19(31-3)13-32-22)21(24-16-10-6-5-9-14(16)23(28)29)27(26-15)17-11-7-8-12-18(17)30-2/h5-13,24H,4H2,1-3H3,(H,28,29). The third-order valence-electron chi connectivity index (χ3n) is 4.92. The van der Waals surface area contributed by atoms with Crippen molar-refractivity contribution < 1.29 is 19.4 Å². The van der Waals surface area contributed by atoms with E-state index in [2.05, 4.69) is 10.3 Å². The number of para-hydroxylation sites is 3. The summed E-state index contributed by atoms with van der Waals surface area (Å²) in [7, 11) is 3.17. The van der Waals surface area contributed by atoms with Crippen LogP contribution < -0.4 is 14.8 Å². The number of carboxylic acid groups (broad SMARTS) is 1. The highest BCUT2D eigenvalue weighted by Crippen LogP contribution is 2.40. The highest BCUT2D eigenvalue weighted by atomic mass is 32.1. The van der Waals surface area contributed by atoms with Gasteiger partial charge in [0.15, 0.2) is 0 Å². The molecule has 4 rings (SSSR count). The van der Waals surface area contributed by atoms with E-state index in [1.54, 1.807) is 43.2 Å². The predicted molar refractivity (Wildman–Crippen MR) is 124 cm³/mol. The summed E-state index contributed by atoms with van der Waals surface area (Å²) < 4.78 is 12.6. The number of aromatic carboxylic acids is 1. The van der Waals surface area contributed by atoms with Gasteiger partial charge in [0.2, 0.25) is 5.88 Å². The highest BCUT2D eigenvalue weighted by molar-refractivity contribution is 7.13. The van der Waals surface area contributed by atoms with E-state index in [-0.39, 0.29) is 5.56 Å². The van der Waals surface area contributed by atoms with E-state index < -0.39 is 5.97 Å². The number of nitrogens with zero attached hydrogens (tertiary/aromatic N) is 3. The lowest BCUT2D eigenvalue weighted by Crippen LogP contribution is -2.08. The minimum absolute atomic E-state index is 0.154. The molecule has 0 fully saturated rings. The number of rotatable bonds is 8. The maximum atomic E-state index is 11.8. The van der Waals surface area contributed by atoms with Gasteiger partial charge in [0.05, 0.1) is 42.1 Å². The molecule has 2 heterocycles. The fourth-order valence-corrected chi connectivity index (χ4v) is 4.24. The minimum atomic E-state index is -1.02. The molecule has 0 atom stereocenters. The van der Waals surface area contributed by atoms with Crippen LogP contribution in [0.1, 0.15) is 23.0 Å². The summed E-state index contributed by atoms with van der Waals surface area (Å²) in [6.07, 6.45) is 0.647. The molecule has 2 N–H and O–H groups in total. The predicted octanol–water partition coefficient (Wildman–Crippen LogP) is 5.02. The minimum Gasteiger partial charge on any atom is -0.494 e. The Hall–Kier alpha value is -3.85. The van der Waals surface area contributed by atoms with Crippen molar-refractivity contribution >= 4 is 28.8 Å². The first-order chi connectivity index (χ1) is 15.6. The third-order valence-corrected chi connectivity index (χ3v) is 5.76. The second-order valence-electron chi connectivity index (χ2n) is 6.78. The van der Waals surface area contributed by atoms with Gasteiger partial charge in [-0.3, -0.25) is 0 Å². The topological polar surface area (TPSA) is 98.5 Å². The zero-order valence-electron chi connectivity index (χ0n) is 17.8. The molecule has 8 nitrogen and oxygen atoms in total. The van der Waals surface area contributed by atoms with Gasteiger partial charge in [-0.05, 0) is 30.7 Å². The maximum absolute atomic E-state index is 11.8. The van der Waals surface area contributed by atoms with E-state index >= 15 is 0 Å². The van der Waals surface area contributed by atoms with Crippen LogP contribution >= 0.6 is 11.3 Å². The number of methoxy groups -OCH3 is 2. The average molecular weight is 451 g/mol. The summed E-state index contributed by atoms with van der Waals surface area (Å²) in [5, 5.41) is 20.4. The van der Waals surface area contributed by atoms with Gasteiger partial charge in [0.25, 0.3) is 0 Å². The molecule has 0 bridgehead atoms. The number of anilines is 2. The number of ether oxygens (including phenoxy) is 2. The summed E-state index contributed by atoms with van der Waals surface area (Å²) in [6, 6.07) is 14.3. The number of nitrogens with one attached hydrogen (secondary N) is 1. The van der Waals surface area contributed by atoms with Crippen LogP contribution in [0.3, 0.4) is 0 Å². The van der Waals surface area contributed by atoms with Crippen molar-refractivity contribution in [3.63, 3.8) is 0 Å². The fourth-order valence-electron chi connectivity index (χ4n) is 3.40. The van der Waals surface area contributed by atoms with E-state index in [0.29, 0.717) is 29.6 Å². The Morgan fingerprint density at radius 1 is 1.12 bits per heavy atom. The van der Waals surface area contributed by atoms with Crippen LogP contribution in [0, 0.1) is 0 Å². The van der Waals surface area contributed by atoms with Crippen molar-refractivity contribution in [3.8, 4) is 27.9 Å². The summed E-state index contributed by atoms with van der Waals surface area (Å²) in [4.78, 5) is 16.4. The first kappa shape index (κ1) is 21.4. The second-order valence-corrected chi connectivity index (χ2v) is 7.64. The van der Waals surface area contributed by atoms with Gasteiger partial charge < -0.3 is 19.9 Å². The Morgan fingerprint density at radius 2 is 1.88 bits per heavy atom. The number of aryl methyl sites for hydroxylation is 1. The Morgan fingerprint density at radius 3 is 2.56 bits per heavy atom. The first-order valence-electron chi connectivity index (χ1n) is 9.91. The maximum Gasteiger partial charge on any atom is 0.337 e. The molecule has 0 radical (unpaired) electrons. The van der Waals surface area contributed by atoms with Crippen molar-refractivity contribution in [2.45, 2.75) is 13.3 Å². The number of thiazole rings is 1. The SMILES string of the molecule is CCc1nn(-c2ccccc2OC)c(Nc2ccccc2C(=O)O)c1-c1nc(OC)cs1. The smallest absolute Gasteiger partial charge is 0.337 e. The molecule has 32 heavy (non-hydrogen) atoms. The van der Waals surface area contributed by atoms with E-state index in [1.807, 2.05) is 36.6 Å². The van der Waals surface area contributed by atoms with Crippen LogP contribution in [0.25, 0.3) is 16.3 Å². The average Bonchev–Trinajstić information content (AvgIpc) is 3.43. The van der Waals surface area contributed by atoms with Gasteiger partial charge >= 0.3 is 5.97 Å². The van der Waals surface area contributed by atoms with Crippen molar-refractivity contribution in [3.05, 3.63) is 65.2 Å². The van der Waals surface area contributed by atoms with Crippen molar-refractivity contribution in [1.82, 2.24) is 14.8 Å². The van der Waals surface area contributed by atoms with E-state index in [4.69, 9.17) is 14.6 Å². The van der Waals surface area contributed by atoms with Crippen molar-refractivity contribution in [2.75, 3.05) is 19.5 Å². The number of aromatic nitrogens is 3. The second kappa shape index (κ2) is 9.11. The molecule has 0 spiro atoms. The molecule has 0 aliphatic heterocycles. The normalized spacial score (nSPS) is 10.7. The molecule has 2 aromatic carbocycles. The van der Waals surface area contributed by atoms with Gasteiger partial charge in [-0.15, -0.1) is 11.3 Å². The molecule has 9 heteroatoms. The van der Waals surface area contributed by atoms with Gasteiger partial charge in [-0.1, -0.05) is 31.2 Å². The first-order valence-corrected chi connectivity index (χ1v) is 10.8. The Bertz CT molecular complexity index is 1260. The lowest BCUT2D eigenvalue weighted by Gasteiger charge is -2.15. The largest absolute Gasteiger partial charge is 0.494 e. The summed E-state index contributed by atoms with van der Waals surface area (Å²) in [5.41, 5.74) is 2.91. The third kappa shape index (κ3) is 3.90. The molecule has 0 unspecified atom stereocenters. The molecule has 4 aromatic rings. The lowest BCUT2D eigenvalue weighted by atomic mass is 10.1. The van der Waals surface area contributed by atoms with Crippen LogP contribution in [-0.4, -0.2) is 40.1 Å². The lowest BCUT2D eigenvalue weighted by molar-refractivity contribution is 0.0698. The van der Waals surface area contributed by atoms with Crippen molar-refractivity contribution in [1.29, 1.82) is 0 Å². The van der Waals surface area contributed by atoms with Crippen LogP contribution in [0.4, 0.5) is 11.5 Å². The molecular weight excluding hydrogens is 428 g/mol. The zero-order valence-corrected chi connectivity index (χ0v) is 18.6. The van der Waals surface area contributed by atoms with Gasteiger partial charge in [-0.2, -0.15) is 5.10 Å². The Labute approximate surface area is 189 Å². The molecule has 0 saturated carbocycles. The number of carbonyl (C=O) groups is 1. The quantitative estimate of drug-likeness (QED) is 0.389. The van der Waals surface area contributed by atoms with Crippen LogP contribution in [0.15, 0.2) is 53.9 Å². The van der Waals surface area contributed by atoms with E-state index in [9.17, 15) is 9.90 Å². The molecule has 0 amide bonds. The molecule has 164 valence electrons. The van der Waals surface area contributed by atoms with Gasteiger partial charge in [0, 0.05) is 0 Å². The highest BCUT2D eigenvalue weighted by Gasteiger charge is 2.25. The summed E-state index contributed by atoms with van der Waals surface area (Å²) >= 11 is 1.43. The number of carboxylic acids is 1.